The molecular formula is C22H20BrN3O3S. The van der Waals surface area contributed by atoms with Crippen LogP contribution in [0.25, 0.3) is 6.08 Å². The van der Waals surface area contributed by atoms with Gasteiger partial charge in [0.1, 0.15) is 12.4 Å². The van der Waals surface area contributed by atoms with Crippen LogP contribution in [0.1, 0.15) is 23.2 Å². The van der Waals surface area contributed by atoms with Crippen LogP contribution in [0.3, 0.4) is 0 Å². The summed E-state index contributed by atoms with van der Waals surface area (Å²) in [5.41, 5.74) is 2.66. The lowest BCUT2D eigenvalue weighted by atomic mass is 10.2. The maximum atomic E-state index is 12.5. The Morgan fingerprint density at radius 3 is 2.70 bits per heavy atom. The van der Waals surface area contributed by atoms with Gasteiger partial charge in [0, 0.05) is 28.4 Å². The number of halogens is 1. The van der Waals surface area contributed by atoms with E-state index in [1.165, 1.54) is 13.0 Å². The second-order valence-electron chi connectivity index (χ2n) is 6.38. The Morgan fingerprint density at radius 2 is 1.97 bits per heavy atom. The monoisotopic (exact) mass is 485 g/mol. The Balaban J connectivity index is 1.69. The van der Waals surface area contributed by atoms with Crippen molar-refractivity contribution in [3.63, 3.8) is 0 Å². The van der Waals surface area contributed by atoms with Crippen LogP contribution in [0.5, 0.6) is 5.75 Å². The van der Waals surface area contributed by atoms with Crippen molar-refractivity contribution >= 4 is 56.5 Å². The quantitative estimate of drug-likeness (QED) is 0.438. The number of nitrogens with one attached hydrogen (secondary N) is 2. The minimum atomic E-state index is -0.329. The summed E-state index contributed by atoms with van der Waals surface area (Å²) < 4.78 is 6.66. The molecule has 0 radical (unpaired) electrons. The molecule has 0 aliphatic heterocycles. The molecule has 0 atom stereocenters. The lowest BCUT2D eigenvalue weighted by Gasteiger charge is -2.11. The second kappa shape index (κ2) is 10.2. The normalized spacial score (nSPS) is 10.8. The van der Waals surface area contributed by atoms with Gasteiger partial charge in [-0.2, -0.15) is 0 Å². The highest BCUT2D eigenvalue weighted by Crippen LogP contribution is 2.26. The average molecular weight is 486 g/mol. The van der Waals surface area contributed by atoms with Gasteiger partial charge in [-0.25, -0.2) is 4.98 Å². The van der Waals surface area contributed by atoms with E-state index in [4.69, 9.17) is 4.74 Å². The number of rotatable bonds is 7. The molecule has 2 N–H and O–H groups in total. The summed E-state index contributed by atoms with van der Waals surface area (Å²) in [6, 6.07) is 12.7. The number of benzene rings is 2. The van der Waals surface area contributed by atoms with E-state index in [0.29, 0.717) is 23.7 Å². The van der Waals surface area contributed by atoms with Gasteiger partial charge in [-0.1, -0.05) is 34.1 Å². The molecule has 2 amide bonds. The number of nitrogens with zero attached hydrogens (tertiary/aromatic N) is 1. The zero-order valence-electron chi connectivity index (χ0n) is 16.4. The standard InChI is InChI=1S/C22H20BrN3O3S/c1-14(27)24-19-9-8-17(23)11-20(19)26-22(28)10-7-16-5-3-4-6-21(16)29-12-18-13-30-15(2)25-18/h3-11,13H,12H2,1-2H3,(H,24,27)(H,26,28)/b10-7+. The first-order chi connectivity index (χ1) is 14.4. The van der Waals surface area contributed by atoms with Crippen molar-refractivity contribution in [1.29, 1.82) is 0 Å². The Hall–Kier alpha value is -2.97. The molecule has 30 heavy (non-hydrogen) atoms. The molecule has 8 heteroatoms. The Labute approximate surface area is 187 Å². The number of aryl methyl sites for hydroxylation is 1. The van der Waals surface area contributed by atoms with E-state index in [1.807, 2.05) is 36.6 Å². The SMILES string of the molecule is CC(=O)Nc1ccc(Br)cc1NC(=O)/C=C/c1ccccc1OCc1csc(C)n1. The summed E-state index contributed by atoms with van der Waals surface area (Å²) in [4.78, 5) is 28.2. The molecule has 1 aromatic heterocycles. The fraction of sp³-hybridized carbons (Fsp3) is 0.136. The maximum Gasteiger partial charge on any atom is 0.248 e. The topological polar surface area (TPSA) is 80.3 Å². The highest BCUT2D eigenvalue weighted by molar-refractivity contribution is 9.10. The Morgan fingerprint density at radius 1 is 1.17 bits per heavy atom. The van der Waals surface area contributed by atoms with Gasteiger partial charge >= 0.3 is 0 Å². The minimum Gasteiger partial charge on any atom is -0.487 e. The largest absolute Gasteiger partial charge is 0.487 e. The van der Waals surface area contributed by atoms with Crippen LogP contribution in [0.4, 0.5) is 11.4 Å². The van der Waals surface area contributed by atoms with E-state index >= 15 is 0 Å². The van der Waals surface area contributed by atoms with Crippen molar-refractivity contribution in [1.82, 2.24) is 4.98 Å². The third-order valence-electron chi connectivity index (χ3n) is 3.93. The number of thiazole rings is 1. The number of hydrogen-bond acceptors (Lipinski definition) is 5. The van der Waals surface area contributed by atoms with Crippen LogP contribution in [-0.2, 0) is 16.2 Å². The first-order valence-electron chi connectivity index (χ1n) is 9.10. The Kier molecular flexibility index (Phi) is 7.37. The van der Waals surface area contributed by atoms with Gasteiger partial charge in [-0.3, -0.25) is 9.59 Å². The van der Waals surface area contributed by atoms with Crippen molar-refractivity contribution < 1.29 is 14.3 Å². The summed E-state index contributed by atoms with van der Waals surface area (Å²) in [5, 5.41) is 8.44. The molecule has 3 aromatic rings. The lowest BCUT2D eigenvalue weighted by Crippen LogP contribution is -2.13. The van der Waals surface area contributed by atoms with Crippen molar-refractivity contribution in [3.05, 3.63) is 74.7 Å². The molecule has 154 valence electrons. The predicted molar refractivity (Wildman–Crippen MR) is 124 cm³/mol. The van der Waals surface area contributed by atoms with Crippen LogP contribution in [0, 0.1) is 6.92 Å². The summed E-state index contributed by atoms with van der Waals surface area (Å²) in [6.45, 7) is 3.73. The molecule has 0 fully saturated rings. The van der Waals surface area contributed by atoms with Gasteiger partial charge in [0.2, 0.25) is 11.8 Å². The smallest absolute Gasteiger partial charge is 0.248 e. The Bertz CT molecular complexity index is 1090. The fourth-order valence-corrected chi connectivity index (χ4v) is 3.59. The highest BCUT2D eigenvalue weighted by atomic mass is 79.9. The second-order valence-corrected chi connectivity index (χ2v) is 8.36. The van der Waals surface area contributed by atoms with Crippen molar-refractivity contribution in [3.8, 4) is 5.75 Å². The first-order valence-corrected chi connectivity index (χ1v) is 10.8. The predicted octanol–water partition coefficient (Wildman–Crippen LogP) is 5.40. The zero-order chi connectivity index (χ0) is 21.5. The van der Waals surface area contributed by atoms with E-state index in [9.17, 15) is 9.59 Å². The number of ether oxygens (including phenoxy) is 1. The summed E-state index contributed by atoms with van der Waals surface area (Å²) in [7, 11) is 0. The molecule has 1 heterocycles. The number of carbonyl (C=O) groups excluding carboxylic acids is 2. The molecule has 0 saturated heterocycles. The van der Waals surface area contributed by atoms with Crippen LogP contribution >= 0.6 is 27.3 Å². The van der Waals surface area contributed by atoms with Gasteiger partial charge in [-0.05, 0) is 37.3 Å². The number of anilines is 2. The molecule has 6 nitrogen and oxygen atoms in total. The van der Waals surface area contributed by atoms with Crippen LogP contribution in [0.2, 0.25) is 0 Å². The minimum absolute atomic E-state index is 0.218. The average Bonchev–Trinajstić information content (AvgIpc) is 3.12. The van der Waals surface area contributed by atoms with Crippen molar-refractivity contribution in [2.24, 2.45) is 0 Å². The molecule has 0 spiro atoms. The summed E-state index contributed by atoms with van der Waals surface area (Å²) in [6.07, 6.45) is 3.11. The van der Waals surface area contributed by atoms with Gasteiger partial charge < -0.3 is 15.4 Å². The van der Waals surface area contributed by atoms with E-state index in [-0.39, 0.29) is 11.8 Å². The van der Waals surface area contributed by atoms with Gasteiger partial charge in [0.05, 0.1) is 22.1 Å². The number of carbonyl (C=O) groups is 2. The maximum absolute atomic E-state index is 12.5. The van der Waals surface area contributed by atoms with E-state index in [0.717, 1.165) is 20.7 Å². The van der Waals surface area contributed by atoms with Crippen LogP contribution in [0.15, 0.2) is 58.4 Å². The van der Waals surface area contributed by atoms with Crippen molar-refractivity contribution in [2.45, 2.75) is 20.5 Å². The lowest BCUT2D eigenvalue weighted by molar-refractivity contribution is -0.114. The van der Waals surface area contributed by atoms with E-state index < -0.39 is 0 Å². The van der Waals surface area contributed by atoms with E-state index in [2.05, 4.69) is 31.5 Å². The first kappa shape index (κ1) is 21.7. The molecule has 2 aromatic carbocycles. The van der Waals surface area contributed by atoms with Gasteiger partial charge in [0.15, 0.2) is 0 Å². The van der Waals surface area contributed by atoms with Crippen LogP contribution in [-0.4, -0.2) is 16.8 Å². The molecule has 0 unspecified atom stereocenters. The van der Waals surface area contributed by atoms with Crippen LogP contribution < -0.4 is 15.4 Å². The van der Waals surface area contributed by atoms with Gasteiger partial charge in [-0.15, -0.1) is 11.3 Å². The molecule has 3 rings (SSSR count). The number of amides is 2. The number of para-hydroxylation sites is 1. The zero-order valence-corrected chi connectivity index (χ0v) is 18.8. The fourth-order valence-electron chi connectivity index (χ4n) is 2.63. The molecular weight excluding hydrogens is 466 g/mol. The van der Waals surface area contributed by atoms with E-state index in [1.54, 1.807) is 35.6 Å². The molecule has 0 aliphatic carbocycles. The molecule has 0 saturated carbocycles. The molecule has 0 aliphatic rings. The van der Waals surface area contributed by atoms with Gasteiger partial charge in [0.25, 0.3) is 0 Å². The summed E-state index contributed by atoms with van der Waals surface area (Å²) in [5.74, 6) is 0.114. The van der Waals surface area contributed by atoms with Crippen molar-refractivity contribution in [2.75, 3.05) is 10.6 Å². The third-order valence-corrected chi connectivity index (χ3v) is 5.24. The number of hydrogen-bond donors (Lipinski definition) is 2. The number of aromatic nitrogens is 1. The molecule has 0 bridgehead atoms. The third kappa shape index (κ3) is 6.27. The summed E-state index contributed by atoms with van der Waals surface area (Å²) >= 11 is 4.95. The highest BCUT2D eigenvalue weighted by Gasteiger charge is 2.08.